The Hall–Kier alpha value is -6.58. The van der Waals surface area contributed by atoms with Gasteiger partial charge in [0, 0.05) is 33.2 Å². The van der Waals surface area contributed by atoms with Crippen LogP contribution in [0.5, 0.6) is 0 Å². The third-order valence-electron chi connectivity index (χ3n) is 9.77. The molecule has 0 aliphatic rings. The zero-order valence-electron chi connectivity index (χ0n) is 26.6. The van der Waals surface area contributed by atoms with Gasteiger partial charge in [0.25, 0.3) is 0 Å². The van der Waals surface area contributed by atoms with Crippen LogP contribution < -0.4 is 0 Å². The number of para-hydroxylation sites is 2. The van der Waals surface area contributed by atoms with E-state index in [1.54, 1.807) is 0 Å². The van der Waals surface area contributed by atoms with Crippen molar-refractivity contribution in [3.8, 4) is 39.6 Å². The number of hydrogen-bond donors (Lipinski definition) is 0. The average Bonchev–Trinajstić information content (AvgIpc) is 3.51. The van der Waals surface area contributed by atoms with Gasteiger partial charge in [-0.15, -0.1) is 0 Å². The smallest absolute Gasteiger partial charge is 0.160 e. The Morgan fingerprint density at radius 1 is 0.306 bits per heavy atom. The lowest BCUT2D eigenvalue weighted by Crippen LogP contribution is -1.96. The fraction of sp³-hybridized carbons (Fsp3) is 0. The highest BCUT2D eigenvalue weighted by atomic mass is 15.0. The first kappa shape index (κ1) is 27.5. The Morgan fingerprint density at radius 2 is 0.837 bits per heavy atom. The molecule has 0 bridgehead atoms. The maximum atomic E-state index is 5.14. The van der Waals surface area contributed by atoms with Crippen LogP contribution in [0.3, 0.4) is 0 Å². The molecule has 0 N–H and O–H groups in total. The highest BCUT2D eigenvalue weighted by Crippen LogP contribution is 2.42. The van der Waals surface area contributed by atoms with E-state index >= 15 is 0 Å². The molecule has 0 radical (unpaired) electrons. The molecule has 10 aromatic rings. The summed E-state index contributed by atoms with van der Waals surface area (Å²) in [5.41, 5.74) is 8.53. The first-order valence-electron chi connectivity index (χ1n) is 16.7. The summed E-state index contributed by atoms with van der Waals surface area (Å²) in [5.74, 6) is 0.720. The lowest BCUT2D eigenvalue weighted by molar-refractivity contribution is 1.18. The van der Waals surface area contributed by atoms with E-state index < -0.39 is 0 Å². The molecule has 2 aromatic heterocycles. The lowest BCUT2D eigenvalue weighted by atomic mass is 9.91. The van der Waals surface area contributed by atoms with Gasteiger partial charge in [0.2, 0.25) is 0 Å². The van der Waals surface area contributed by atoms with Crippen molar-refractivity contribution in [2.45, 2.75) is 0 Å². The monoisotopic (exact) mass is 623 g/mol. The first-order valence-corrected chi connectivity index (χ1v) is 16.7. The quantitative estimate of drug-likeness (QED) is 0.183. The van der Waals surface area contributed by atoms with E-state index in [9.17, 15) is 0 Å². The molecule has 0 saturated heterocycles. The molecule has 3 heteroatoms. The van der Waals surface area contributed by atoms with E-state index in [4.69, 9.17) is 9.97 Å². The SMILES string of the molecule is c1ccc(-c2cc(-c3ccc4c(c3)c3ccccc3c3cc5c(cc43)c3ccccc3n5-c3ccccc3)nc(-c3ccccc3)n2)cc1. The Balaban J connectivity index is 1.25. The van der Waals surface area contributed by atoms with E-state index in [2.05, 4.69) is 156 Å². The van der Waals surface area contributed by atoms with Gasteiger partial charge in [0.15, 0.2) is 5.82 Å². The van der Waals surface area contributed by atoms with E-state index in [1.807, 2.05) is 24.3 Å². The minimum atomic E-state index is 0.720. The van der Waals surface area contributed by atoms with Crippen LogP contribution in [0.4, 0.5) is 0 Å². The van der Waals surface area contributed by atoms with Gasteiger partial charge >= 0.3 is 0 Å². The summed E-state index contributed by atoms with van der Waals surface area (Å²) in [7, 11) is 0. The van der Waals surface area contributed by atoms with E-state index in [0.29, 0.717) is 0 Å². The molecule has 0 atom stereocenters. The van der Waals surface area contributed by atoms with Crippen molar-refractivity contribution in [1.82, 2.24) is 14.5 Å². The van der Waals surface area contributed by atoms with Gasteiger partial charge in [-0.1, -0.05) is 133 Å². The molecule has 49 heavy (non-hydrogen) atoms. The molecule has 0 unspecified atom stereocenters. The van der Waals surface area contributed by atoms with Crippen LogP contribution in [0, 0.1) is 0 Å². The largest absolute Gasteiger partial charge is 0.309 e. The maximum absolute atomic E-state index is 5.14. The predicted molar refractivity (Wildman–Crippen MR) is 205 cm³/mol. The average molecular weight is 624 g/mol. The summed E-state index contributed by atoms with van der Waals surface area (Å²) in [6.07, 6.45) is 0. The third kappa shape index (κ3) is 4.44. The molecular formula is C46H29N3. The first-order chi connectivity index (χ1) is 24.3. The standard InChI is InChI=1S/C46H29N3/c1-4-14-30(15-5-1)42-29-43(48-46(47-42)31-16-6-2-7-17-31)32-24-25-36-38(26-32)34-20-10-11-21-35(34)40-28-45-41(27-39(36)40)37-22-12-13-23-44(37)49(45)33-18-8-3-9-19-33/h1-29H. The molecule has 3 nitrogen and oxygen atoms in total. The summed E-state index contributed by atoms with van der Waals surface area (Å²) in [4.78, 5) is 10.2. The Labute approximate surface area is 283 Å². The molecule has 0 fully saturated rings. The summed E-state index contributed by atoms with van der Waals surface area (Å²) in [5, 5.41) is 9.93. The number of hydrogen-bond acceptors (Lipinski definition) is 2. The molecule has 0 spiro atoms. The van der Waals surface area contributed by atoms with Crippen LogP contribution in [-0.2, 0) is 0 Å². The van der Waals surface area contributed by atoms with Crippen molar-refractivity contribution in [3.05, 3.63) is 176 Å². The third-order valence-corrected chi connectivity index (χ3v) is 9.77. The van der Waals surface area contributed by atoms with Gasteiger partial charge in [-0.3, -0.25) is 0 Å². The zero-order chi connectivity index (χ0) is 32.3. The minimum Gasteiger partial charge on any atom is -0.309 e. The summed E-state index contributed by atoms with van der Waals surface area (Å²) in [6, 6.07) is 62.6. The molecule has 10 rings (SSSR count). The number of benzene rings is 8. The van der Waals surface area contributed by atoms with Gasteiger partial charge in [-0.25, -0.2) is 9.97 Å². The van der Waals surface area contributed by atoms with Gasteiger partial charge in [0.1, 0.15) is 0 Å². The summed E-state index contributed by atoms with van der Waals surface area (Å²) >= 11 is 0. The molecule has 8 aromatic carbocycles. The van der Waals surface area contributed by atoms with E-state index in [0.717, 1.165) is 39.6 Å². The van der Waals surface area contributed by atoms with Crippen molar-refractivity contribution >= 4 is 54.1 Å². The van der Waals surface area contributed by atoms with Crippen LogP contribution >= 0.6 is 0 Å². The fourth-order valence-corrected chi connectivity index (χ4v) is 7.50. The summed E-state index contributed by atoms with van der Waals surface area (Å²) < 4.78 is 2.40. The lowest BCUT2D eigenvalue weighted by Gasteiger charge is -2.14. The van der Waals surface area contributed by atoms with Gasteiger partial charge in [-0.05, 0) is 74.8 Å². The summed E-state index contributed by atoms with van der Waals surface area (Å²) in [6.45, 7) is 0. The second kappa shape index (κ2) is 11.0. The van der Waals surface area contributed by atoms with Crippen LogP contribution in [0.15, 0.2) is 176 Å². The molecule has 0 amide bonds. The fourth-order valence-electron chi connectivity index (χ4n) is 7.50. The van der Waals surface area contributed by atoms with Crippen LogP contribution in [-0.4, -0.2) is 14.5 Å². The van der Waals surface area contributed by atoms with Gasteiger partial charge < -0.3 is 4.57 Å². The van der Waals surface area contributed by atoms with Crippen LogP contribution in [0.25, 0.3) is 93.7 Å². The van der Waals surface area contributed by atoms with Crippen molar-refractivity contribution in [2.24, 2.45) is 0 Å². The van der Waals surface area contributed by atoms with Crippen LogP contribution in [0.2, 0.25) is 0 Å². The number of nitrogens with zero attached hydrogens (tertiary/aromatic N) is 3. The zero-order valence-corrected chi connectivity index (χ0v) is 26.6. The number of aromatic nitrogens is 3. The van der Waals surface area contributed by atoms with Gasteiger partial charge in [-0.2, -0.15) is 0 Å². The van der Waals surface area contributed by atoms with Crippen molar-refractivity contribution < 1.29 is 0 Å². The van der Waals surface area contributed by atoms with Gasteiger partial charge in [0.05, 0.1) is 22.4 Å². The normalized spacial score (nSPS) is 11.7. The van der Waals surface area contributed by atoms with Crippen molar-refractivity contribution in [3.63, 3.8) is 0 Å². The number of fused-ring (bicyclic) bond motifs is 9. The number of rotatable bonds is 4. The molecule has 0 aliphatic carbocycles. The topological polar surface area (TPSA) is 30.7 Å². The molecule has 0 saturated carbocycles. The van der Waals surface area contributed by atoms with Crippen molar-refractivity contribution in [1.29, 1.82) is 0 Å². The minimum absolute atomic E-state index is 0.720. The second-order valence-electron chi connectivity index (χ2n) is 12.6. The Kier molecular flexibility index (Phi) is 6.18. The van der Waals surface area contributed by atoms with E-state index in [1.165, 1.54) is 54.1 Å². The molecule has 0 aliphatic heterocycles. The molecule has 2 heterocycles. The highest BCUT2D eigenvalue weighted by Gasteiger charge is 2.17. The Bertz CT molecular complexity index is 2800. The Morgan fingerprint density at radius 3 is 1.55 bits per heavy atom. The second-order valence-corrected chi connectivity index (χ2v) is 12.6. The predicted octanol–water partition coefficient (Wildman–Crippen LogP) is 12.0. The van der Waals surface area contributed by atoms with E-state index in [-0.39, 0.29) is 0 Å². The molecular weight excluding hydrogens is 595 g/mol. The maximum Gasteiger partial charge on any atom is 0.160 e. The van der Waals surface area contributed by atoms with Crippen LogP contribution in [0.1, 0.15) is 0 Å². The highest BCUT2D eigenvalue weighted by molar-refractivity contribution is 6.29. The molecule has 228 valence electrons. The van der Waals surface area contributed by atoms with Crippen molar-refractivity contribution in [2.75, 3.05) is 0 Å².